The zero-order chi connectivity index (χ0) is 16.6. The molecule has 0 saturated heterocycles. The van der Waals surface area contributed by atoms with E-state index in [1.165, 1.54) is 5.56 Å². The Kier molecular flexibility index (Phi) is 3.88. The predicted molar refractivity (Wildman–Crippen MR) is 89.7 cm³/mol. The Labute approximate surface area is 136 Å². The van der Waals surface area contributed by atoms with Gasteiger partial charge in [-0.2, -0.15) is 5.10 Å². The third-order valence-electron chi connectivity index (χ3n) is 4.33. The molecule has 2 heterocycles. The zero-order valence-corrected chi connectivity index (χ0v) is 14.1. The van der Waals surface area contributed by atoms with Gasteiger partial charge in [-0.05, 0) is 39.7 Å². The molecule has 0 spiro atoms. The van der Waals surface area contributed by atoms with E-state index >= 15 is 0 Å². The summed E-state index contributed by atoms with van der Waals surface area (Å²) in [6, 6.07) is 10.4. The SMILES string of the molecule is CCOC(=O)c1c(C)nn2c1NC(c1ccccc1)CC2(C)C. The number of aryl methyl sites for hydroxylation is 1. The van der Waals surface area contributed by atoms with E-state index in [0.717, 1.165) is 12.2 Å². The highest BCUT2D eigenvalue weighted by molar-refractivity contribution is 5.96. The number of anilines is 1. The quantitative estimate of drug-likeness (QED) is 0.879. The Hall–Kier alpha value is -2.30. The summed E-state index contributed by atoms with van der Waals surface area (Å²) in [5.41, 5.74) is 2.27. The summed E-state index contributed by atoms with van der Waals surface area (Å²) in [7, 11) is 0. The molecular formula is C18H23N3O2. The number of esters is 1. The number of nitrogens with one attached hydrogen (secondary N) is 1. The van der Waals surface area contributed by atoms with Crippen molar-refractivity contribution in [2.45, 2.75) is 45.7 Å². The molecule has 23 heavy (non-hydrogen) atoms. The Morgan fingerprint density at radius 2 is 2.09 bits per heavy atom. The average molecular weight is 313 g/mol. The van der Waals surface area contributed by atoms with Gasteiger partial charge in [0, 0.05) is 0 Å². The molecule has 0 saturated carbocycles. The minimum absolute atomic E-state index is 0.142. The van der Waals surface area contributed by atoms with Crippen molar-refractivity contribution in [1.29, 1.82) is 0 Å². The summed E-state index contributed by atoms with van der Waals surface area (Å²) in [4.78, 5) is 12.3. The minimum Gasteiger partial charge on any atom is -0.462 e. The molecule has 1 aromatic heterocycles. The lowest BCUT2D eigenvalue weighted by atomic mass is 9.89. The smallest absolute Gasteiger partial charge is 0.343 e. The number of aromatic nitrogens is 2. The fourth-order valence-corrected chi connectivity index (χ4v) is 3.23. The van der Waals surface area contributed by atoms with Crippen LogP contribution in [0, 0.1) is 6.92 Å². The van der Waals surface area contributed by atoms with Crippen molar-refractivity contribution >= 4 is 11.8 Å². The molecule has 1 N–H and O–H groups in total. The maximum Gasteiger partial charge on any atom is 0.343 e. The van der Waals surface area contributed by atoms with E-state index in [0.29, 0.717) is 17.9 Å². The Bertz CT molecular complexity index is 719. The lowest BCUT2D eigenvalue weighted by molar-refractivity contribution is 0.0526. The lowest BCUT2D eigenvalue weighted by Gasteiger charge is -2.38. The van der Waals surface area contributed by atoms with Crippen LogP contribution in [-0.2, 0) is 10.3 Å². The fraction of sp³-hybridized carbons (Fsp3) is 0.444. The summed E-state index contributed by atoms with van der Waals surface area (Å²) in [6.45, 7) is 8.32. The molecule has 1 unspecified atom stereocenters. The van der Waals surface area contributed by atoms with Crippen LogP contribution in [0.4, 0.5) is 5.82 Å². The van der Waals surface area contributed by atoms with Crippen LogP contribution in [0.15, 0.2) is 30.3 Å². The van der Waals surface area contributed by atoms with Crippen molar-refractivity contribution in [3.8, 4) is 0 Å². The molecule has 1 aliphatic rings. The van der Waals surface area contributed by atoms with Crippen molar-refractivity contribution < 1.29 is 9.53 Å². The number of ether oxygens (including phenoxy) is 1. The maximum absolute atomic E-state index is 12.3. The summed E-state index contributed by atoms with van der Waals surface area (Å²) in [6.07, 6.45) is 0.896. The van der Waals surface area contributed by atoms with Crippen LogP contribution in [0.3, 0.4) is 0 Å². The monoisotopic (exact) mass is 313 g/mol. The van der Waals surface area contributed by atoms with Gasteiger partial charge in [0.15, 0.2) is 0 Å². The van der Waals surface area contributed by atoms with E-state index in [1.807, 2.05) is 36.7 Å². The van der Waals surface area contributed by atoms with E-state index < -0.39 is 0 Å². The van der Waals surface area contributed by atoms with Gasteiger partial charge in [0.25, 0.3) is 0 Å². The van der Waals surface area contributed by atoms with Crippen LogP contribution in [0.2, 0.25) is 0 Å². The zero-order valence-electron chi connectivity index (χ0n) is 14.1. The van der Waals surface area contributed by atoms with Crippen molar-refractivity contribution in [2.75, 3.05) is 11.9 Å². The van der Waals surface area contributed by atoms with Gasteiger partial charge < -0.3 is 10.1 Å². The van der Waals surface area contributed by atoms with E-state index in [2.05, 4.69) is 36.4 Å². The van der Waals surface area contributed by atoms with Crippen LogP contribution in [-0.4, -0.2) is 22.4 Å². The minimum atomic E-state index is -0.316. The Morgan fingerprint density at radius 1 is 1.39 bits per heavy atom. The first kappa shape index (κ1) is 15.6. The molecule has 0 amide bonds. The van der Waals surface area contributed by atoms with Gasteiger partial charge in [0.1, 0.15) is 11.4 Å². The van der Waals surface area contributed by atoms with E-state index in [4.69, 9.17) is 4.74 Å². The summed E-state index contributed by atoms with van der Waals surface area (Å²) < 4.78 is 7.13. The fourth-order valence-electron chi connectivity index (χ4n) is 3.23. The highest BCUT2D eigenvalue weighted by Gasteiger charge is 2.38. The normalized spacial score (nSPS) is 18.9. The third-order valence-corrected chi connectivity index (χ3v) is 4.33. The van der Waals surface area contributed by atoms with Gasteiger partial charge in [-0.3, -0.25) is 0 Å². The topological polar surface area (TPSA) is 56.1 Å². The number of carbonyl (C=O) groups is 1. The van der Waals surface area contributed by atoms with E-state index in [9.17, 15) is 4.79 Å². The maximum atomic E-state index is 12.3. The second-order valence-electron chi connectivity index (χ2n) is 6.57. The van der Waals surface area contributed by atoms with Crippen LogP contribution < -0.4 is 5.32 Å². The van der Waals surface area contributed by atoms with Gasteiger partial charge >= 0.3 is 5.97 Å². The first-order chi connectivity index (χ1) is 10.9. The van der Waals surface area contributed by atoms with E-state index in [-0.39, 0.29) is 17.6 Å². The molecule has 2 aromatic rings. The second-order valence-corrected chi connectivity index (χ2v) is 6.57. The lowest BCUT2D eigenvalue weighted by Crippen LogP contribution is -2.38. The Balaban J connectivity index is 2.06. The summed E-state index contributed by atoms with van der Waals surface area (Å²) >= 11 is 0. The van der Waals surface area contributed by atoms with Crippen LogP contribution in [0.5, 0.6) is 0 Å². The summed E-state index contributed by atoms with van der Waals surface area (Å²) in [5, 5.41) is 8.09. The molecule has 0 bridgehead atoms. The van der Waals surface area contributed by atoms with Crippen molar-refractivity contribution in [2.24, 2.45) is 0 Å². The van der Waals surface area contributed by atoms with Gasteiger partial charge in [-0.1, -0.05) is 30.3 Å². The summed E-state index contributed by atoms with van der Waals surface area (Å²) in [5.74, 6) is 0.439. The van der Waals surface area contributed by atoms with Crippen LogP contribution in [0.1, 0.15) is 54.8 Å². The highest BCUT2D eigenvalue weighted by Crippen LogP contribution is 2.40. The molecule has 0 radical (unpaired) electrons. The number of carbonyl (C=O) groups excluding carboxylic acids is 1. The number of benzene rings is 1. The molecule has 0 fully saturated rings. The van der Waals surface area contributed by atoms with Gasteiger partial charge in [0.2, 0.25) is 0 Å². The molecule has 1 aliphatic heterocycles. The van der Waals surface area contributed by atoms with Crippen molar-refractivity contribution in [3.05, 3.63) is 47.2 Å². The second kappa shape index (κ2) is 5.72. The van der Waals surface area contributed by atoms with Gasteiger partial charge in [0.05, 0.1) is 23.9 Å². The highest BCUT2D eigenvalue weighted by atomic mass is 16.5. The molecule has 3 rings (SSSR count). The van der Waals surface area contributed by atoms with Crippen LogP contribution in [0.25, 0.3) is 0 Å². The number of hydrogen-bond acceptors (Lipinski definition) is 4. The molecular weight excluding hydrogens is 290 g/mol. The number of nitrogens with zero attached hydrogens (tertiary/aromatic N) is 2. The van der Waals surface area contributed by atoms with Gasteiger partial charge in [-0.15, -0.1) is 0 Å². The first-order valence-electron chi connectivity index (χ1n) is 8.02. The number of fused-ring (bicyclic) bond motifs is 1. The standard InChI is InChI=1S/C18H23N3O2/c1-5-23-17(22)15-12(2)20-21-16(15)19-14(11-18(21,3)4)13-9-7-6-8-10-13/h6-10,14,19H,5,11H2,1-4H3. The molecule has 1 aromatic carbocycles. The Morgan fingerprint density at radius 3 is 2.74 bits per heavy atom. The van der Waals surface area contributed by atoms with Crippen molar-refractivity contribution in [3.63, 3.8) is 0 Å². The first-order valence-corrected chi connectivity index (χ1v) is 8.02. The largest absolute Gasteiger partial charge is 0.462 e. The van der Waals surface area contributed by atoms with E-state index in [1.54, 1.807) is 0 Å². The average Bonchev–Trinajstić information content (AvgIpc) is 2.85. The van der Waals surface area contributed by atoms with Crippen LogP contribution >= 0.6 is 0 Å². The predicted octanol–water partition coefficient (Wildman–Crippen LogP) is 3.66. The third kappa shape index (κ3) is 2.71. The van der Waals surface area contributed by atoms with Crippen molar-refractivity contribution in [1.82, 2.24) is 9.78 Å². The molecule has 122 valence electrons. The molecule has 1 atom stereocenters. The molecule has 0 aliphatic carbocycles. The van der Waals surface area contributed by atoms with Gasteiger partial charge in [-0.25, -0.2) is 9.48 Å². The number of hydrogen-bond donors (Lipinski definition) is 1. The molecule has 5 nitrogen and oxygen atoms in total. The molecule has 5 heteroatoms. The number of rotatable bonds is 3.